The molecule has 0 rings (SSSR count). The van der Waals surface area contributed by atoms with Crippen LogP contribution in [0.5, 0.6) is 0 Å². The molecule has 0 atom stereocenters. The lowest BCUT2D eigenvalue weighted by atomic mass is 10.5. The van der Waals surface area contributed by atoms with Gasteiger partial charge in [-0.1, -0.05) is 53.5 Å². The molecule has 1 heteroatoms. The van der Waals surface area contributed by atoms with Gasteiger partial charge in [-0.3, -0.25) is 0 Å². The molecule has 0 bridgehead atoms. The molecule has 0 N–H and O–H groups in total. The van der Waals surface area contributed by atoms with Crippen LogP contribution in [0.2, 0.25) is 0 Å². The topological polar surface area (TPSA) is 0 Å². The van der Waals surface area contributed by atoms with Crippen molar-refractivity contribution in [3.05, 3.63) is 35.0 Å². The first-order valence-corrected chi connectivity index (χ1v) is 3.21. The Labute approximate surface area is 57.8 Å². The zero-order chi connectivity index (χ0) is 5.54. The molecule has 38 valence electrons. The maximum Gasteiger partial charge on any atom is -0.0234 e. The van der Waals surface area contributed by atoms with Crippen molar-refractivity contribution in [1.82, 2.24) is 0 Å². The van der Waals surface area contributed by atoms with Crippen molar-refractivity contribution in [2.75, 3.05) is 0 Å². The highest BCUT2D eigenvalue weighted by molar-refractivity contribution is 14.1. The first-order valence-electron chi connectivity index (χ1n) is 1.96. The first-order chi connectivity index (χ1) is 3.41. The summed E-state index contributed by atoms with van der Waals surface area (Å²) in [5.74, 6) is 0. The average molecular weight is 206 g/mol. The Morgan fingerprint density at radius 2 is 1.86 bits per heavy atom. The van der Waals surface area contributed by atoms with E-state index in [1.807, 2.05) is 22.3 Å². The van der Waals surface area contributed by atoms with Crippen LogP contribution in [0.1, 0.15) is 0 Å². The van der Waals surface area contributed by atoms with Crippen LogP contribution in [0.4, 0.5) is 0 Å². The summed E-state index contributed by atoms with van der Waals surface area (Å²) in [5.41, 5.74) is 0. The third-order valence-corrected chi connectivity index (χ3v) is 0.846. The van der Waals surface area contributed by atoms with E-state index in [9.17, 15) is 0 Å². The molecule has 0 nitrogen and oxygen atoms in total. The second-order valence-electron chi connectivity index (χ2n) is 0.939. The molecule has 0 heterocycles. The average Bonchev–Trinajstić information content (AvgIpc) is 1.69. The smallest absolute Gasteiger partial charge is 0.0234 e. The molecule has 0 spiro atoms. The Hall–Kier alpha value is -0.0500. The molecule has 0 aromatic rings. The standard InChI is InChI=1S/C6H7I/c1-2-3-4-5-6-7/h2-6H,1H2/b4-3-,6-5-. The van der Waals surface area contributed by atoms with E-state index >= 15 is 0 Å². The van der Waals surface area contributed by atoms with E-state index in [0.29, 0.717) is 0 Å². The van der Waals surface area contributed by atoms with Gasteiger partial charge in [0.15, 0.2) is 0 Å². The monoisotopic (exact) mass is 206 g/mol. The van der Waals surface area contributed by atoms with E-state index in [2.05, 4.69) is 29.2 Å². The highest BCUT2D eigenvalue weighted by atomic mass is 127. The summed E-state index contributed by atoms with van der Waals surface area (Å²) in [4.78, 5) is 0. The Kier molecular flexibility index (Phi) is 5.91. The Bertz CT molecular complexity index is 90.4. The fraction of sp³-hybridized carbons (Fsp3) is 0. The van der Waals surface area contributed by atoms with E-state index < -0.39 is 0 Å². The molecule has 0 aliphatic carbocycles. The second kappa shape index (κ2) is 5.95. The minimum atomic E-state index is 1.75. The van der Waals surface area contributed by atoms with Gasteiger partial charge in [-0.2, -0.15) is 0 Å². The lowest BCUT2D eigenvalue weighted by Crippen LogP contribution is -1.40. The van der Waals surface area contributed by atoms with Crippen molar-refractivity contribution >= 4 is 22.6 Å². The van der Waals surface area contributed by atoms with Crippen LogP contribution in [-0.2, 0) is 0 Å². The minimum Gasteiger partial charge on any atom is -0.0991 e. The van der Waals surface area contributed by atoms with Crippen molar-refractivity contribution in [3.63, 3.8) is 0 Å². The molecular weight excluding hydrogens is 199 g/mol. The van der Waals surface area contributed by atoms with Gasteiger partial charge in [0, 0.05) is 0 Å². The van der Waals surface area contributed by atoms with Gasteiger partial charge in [0.2, 0.25) is 0 Å². The molecule has 0 aromatic heterocycles. The van der Waals surface area contributed by atoms with E-state index in [1.54, 1.807) is 6.08 Å². The minimum absolute atomic E-state index is 1.75. The summed E-state index contributed by atoms with van der Waals surface area (Å²) in [5, 5.41) is 0. The lowest BCUT2D eigenvalue weighted by Gasteiger charge is -1.64. The summed E-state index contributed by atoms with van der Waals surface area (Å²) in [6.07, 6.45) is 7.51. The Morgan fingerprint density at radius 3 is 2.29 bits per heavy atom. The molecule has 0 radical (unpaired) electrons. The first kappa shape index (κ1) is 6.95. The van der Waals surface area contributed by atoms with E-state index in [0.717, 1.165) is 0 Å². The number of allylic oxidation sites excluding steroid dienone is 4. The maximum absolute atomic E-state index is 3.51. The normalized spacial score (nSPS) is 11.0. The summed E-state index contributed by atoms with van der Waals surface area (Å²) in [7, 11) is 0. The molecule has 0 saturated heterocycles. The third kappa shape index (κ3) is 5.95. The van der Waals surface area contributed by atoms with Gasteiger partial charge < -0.3 is 0 Å². The van der Waals surface area contributed by atoms with Crippen LogP contribution >= 0.6 is 22.6 Å². The molecule has 0 unspecified atom stereocenters. The number of hydrogen-bond acceptors (Lipinski definition) is 0. The van der Waals surface area contributed by atoms with Crippen LogP contribution in [0.3, 0.4) is 0 Å². The largest absolute Gasteiger partial charge is 0.0991 e. The molecule has 0 aliphatic rings. The fourth-order valence-electron chi connectivity index (χ4n) is 0.185. The van der Waals surface area contributed by atoms with Crippen molar-refractivity contribution in [2.24, 2.45) is 0 Å². The number of halogens is 1. The van der Waals surface area contributed by atoms with Gasteiger partial charge >= 0.3 is 0 Å². The molecular formula is C6H7I. The second-order valence-corrected chi connectivity index (χ2v) is 1.66. The van der Waals surface area contributed by atoms with Crippen molar-refractivity contribution < 1.29 is 0 Å². The quantitative estimate of drug-likeness (QED) is 0.481. The summed E-state index contributed by atoms with van der Waals surface area (Å²) in [6, 6.07) is 0. The molecule has 0 aromatic carbocycles. The number of hydrogen-bond donors (Lipinski definition) is 0. The molecule has 0 fully saturated rings. The van der Waals surface area contributed by atoms with Crippen molar-refractivity contribution in [2.45, 2.75) is 0 Å². The van der Waals surface area contributed by atoms with Gasteiger partial charge in [0.05, 0.1) is 0 Å². The summed E-state index contributed by atoms with van der Waals surface area (Å²) in [6.45, 7) is 3.51. The highest BCUT2D eigenvalue weighted by Crippen LogP contribution is 1.83. The van der Waals surface area contributed by atoms with Gasteiger partial charge in [0.1, 0.15) is 0 Å². The van der Waals surface area contributed by atoms with Crippen LogP contribution in [-0.4, -0.2) is 0 Å². The zero-order valence-corrected chi connectivity index (χ0v) is 6.13. The molecule has 0 saturated carbocycles. The van der Waals surface area contributed by atoms with E-state index in [4.69, 9.17) is 0 Å². The molecule has 0 amide bonds. The molecule has 0 aliphatic heterocycles. The maximum atomic E-state index is 3.51. The predicted molar refractivity (Wildman–Crippen MR) is 42.5 cm³/mol. The zero-order valence-electron chi connectivity index (χ0n) is 3.97. The summed E-state index contributed by atoms with van der Waals surface area (Å²) >= 11 is 2.16. The fourth-order valence-corrected chi connectivity index (χ4v) is 0.424. The summed E-state index contributed by atoms with van der Waals surface area (Å²) < 4.78 is 1.94. The van der Waals surface area contributed by atoms with Crippen LogP contribution in [0.25, 0.3) is 0 Å². The van der Waals surface area contributed by atoms with Crippen LogP contribution in [0.15, 0.2) is 35.0 Å². The Morgan fingerprint density at radius 1 is 1.14 bits per heavy atom. The predicted octanol–water partition coefficient (Wildman–Crippen LogP) is 2.68. The highest BCUT2D eigenvalue weighted by Gasteiger charge is 1.53. The van der Waals surface area contributed by atoms with Gasteiger partial charge in [-0.05, 0) is 4.08 Å². The lowest BCUT2D eigenvalue weighted by molar-refractivity contribution is 1.98. The van der Waals surface area contributed by atoms with Crippen molar-refractivity contribution in [1.29, 1.82) is 0 Å². The van der Waals surface area contributed by atoms with E-state index in [-0.39, 0.29) is 0 Å². The number of rotatable bonds is 2. The third-order valence-electron chi connectivity index (χ3n) is 0.431. The molecule has 7 heavy (non-hydrogen) atoms. The Balaban J connectivity index is 3.27. The van der Waals surface area contributed by atoms with Gasteiger partial charge in [-0.15, -0.1) is 0 Å². The van der Waals surface area contributed by atoms with Crippen LogP contribution < -0.4 is 0 Å². The van der Waals surface area contributed by atoms with Gasteiger partial charge in [0.25, 0.3) is 0 Å². The van der Waals surface area contributed by atoms with Gasteiger partial charge in [-0.25, -0.2) is 0 Å². The van der Waals surface area contributed by atoms with Crippen molar-refractivity contribution in [3.8, 4) is 0 Å². The van der Waals surface area contributed by atoms with E-state index in [1.165, 1.54) is 0 Å². The van der Waals surface area contributed by atoms with Crippen LogP contribution in [0, 0.1) is 0 Å². The SMILES string of the molecule is C=C/C=C\C=C/I.